The number of hydrogen-bond donors (Lipinski definition) is 0. The van der Waals surface area contributed by atoms with E-state index in [-0.39, 0.29) is 11.4 Å². The molecule has 2 fully saturated rings. The number of fused-ring (bicyclic) bond motifs is 2. The molecule has 0 spiro atoms. The average molecular weight is 208 g/mol. The Balaban J connectivity index is 2.17. The zero-order valence-electron chi connectivity index (χ0n) is 7.55. The van der Waals surface area contributed by atoms with Crippen molar-refractivity contribution in [3.05, 3.63) is 0 Å². The molecule has 1 saturated heterocycles. The lowest BCUT2D eigenvalue weighted by molar-refractivity contribution is -0.0125. The third kappa shape index (κ3) is 1.72. The fraction of sp³-hybridized carbons (Fsp3) is 1.00. The van der Waals surface area contributed by atoms with Crippen LogP contribution in [-0.4, -0.2) is 26.4 Å². The first-order chi connectivity index (χ1) is 5.83. The molecule has 0 amide bonds. The van der Waals surface area contributed by atoms with Crippen LogP contribution in [-0.2, 0) is 15.0 Å². The van der Waals surface area contributed by atoms with E-state index in [1.54, 1.807) is 0 Å². The van der Waals surface area contributed by atoms with Crippen LogP contribution >= 0.6 is 0 Å². The third-order valence-electron chi connectivity index (χ3n) is 3.14. The van der Waals surface area contributed by atoms with Crippen molar-refractivity contribution in [2.75, 3.05) is 12.4 Å². The maximum atomic E-state index is 12.5. The molecule has 1 aliphatic carbocycles. The summed E-state index contributed by atoms with van der Waals surface area (Å²) in [7, 11) is -4.36. The van der Waals surface area contributed by atoms with E-state index in [9.17, 15) is 12.3 Å². The molecule has 2 rings (SSSR count). The van der Waals surface area contributed by atoms with Crippen LogP contribution in [0.3, 0.4) is 0 Å². The largest absolute Gasteiger partial charge is 0.375 e. The molecule has 2 atom stereocenters. The predicted molar refractivity (Wildman–Crippen MR) is 45.5 cm³/mol. The lowest BCUT2D eigenvalue weighted by atomic mass is 9.90. The van der Waals surface area contributed by atoms with Crippen molar-refractivity contribution < 1.29 is 17.0 Å². The molecule has 0 aromatic heterocycles. The molecule has 0 N–H and O–H groups in total. The Kier molecular flexibility index (Phi) is 1.77. The molecule has 2 bridgehead atoms. The van der Waals surface area contributed by atoms with Crippen molar-refractivity contribution in [3.8, 4) is 0 Å². The van der Waals surface area contributed by atoms with Crippen LogP contribution in [0.4, 0.5) is 3.89 Å². The van der Waals surface area contributed by atoms with E-state index in [0.717, 1.165) is 12.8 Å². The highest BCUT2D eigenvalue weighted by Gasteiger charge is 2.54. The zero-order chi connectivity index (χ0) is 9.74. The van der Waals surface area contributed by atoms with Crippen LogP contribution in [0.15, 0.2) is 0 Å². The second kappa shape index (κ2) is 2.45. The van der Waals surface area contributed by atoms with E-state index >= 15 is 0 Å². The molecule has 1 heterocycles. The number of hydrogen-bond acceptors (Lipinski definition) is 3. The lowest BCUT2D eigenvalue weighted by Crippen LogP contribution is -2.28. The van der Waals surface area contributed by atoms with Gasteiger partial charge < -0.3 is 4.74 Å². The summed E-state index contributed by atoms with van der Waals surface area (Å²) < 4.78 is 39.1. The summed E-state index contributed by atoms with van der Waals surface area (Å²) in [6, 6.07) is 0. The van der Waals surface area contributed by atoms with Crippen LogP contribution < -0.4 is 0 Å². The minimum Gasteiger partial charge on any atom is -0.375 e. The van der Waals surface area contributed by atoms with E-state index < -0.39 is 15.6 Å². The molecule has 0 aromatic rings. The Morgan fingerprint density at radius 2 is 2.15 bits per heavy atom. The Morgan fingerprint density at radius 1 is 1.46 bits per heavy atom. The van der Waals surface area contributed by atoms with Gasteiger partial charge in [0.15, 0.2) is 0 Å². The van der Waals surface area contributed by atoms with Gasteiger partial charge in [-0.15, -0.1) is 3.89 Å². The first-order valence-corrected chi connectivity index (χ1v) is 5.94. The molecule has 2 unspecified atom stereocenters. The van der Waals surface area contributed by atoms with Crippen molar-refractivity contribution in [3.63, 3.8) is 0 Å². The number of halogens is 1. The van der Waals surface area contributed by atoms with Gasteiger partial charge in [0.25, 0.3) is 0 Å². The van der Waals surface area contributed by atoms with Gasteiger partial charge in [-0.3, -0.25) is 0 Å². The van der Waals surface area contributed by atoms with Crippen LogP contribution in [0.1, 0.15) is 26.2 Å². The van der Waals surface area contributed by atoms with Gasteiger partial charge >= 0.3 is 10.2 Å². The van der Waals surface area contributed by atoms with Crippen molar-refractivity contribution in [1.29, 1.82) is 0 Å². The molecule has 1 saturated carbocycles. The topological polar surface area (TPSA) is 43.4 Å². The highest BCUT2D eigenvalue weighted by Crippen LogP contribution is 2.53. The van der Waals surface area contributed by atoms with Gasteiger partial charge in [-0.2, -0.15) is 8.42 Å². The van der Waals surface area contributed by atoms with Gasteiger partial charge in [-0.1, -0.05) is 0 Å². The monoisotopic (exact) mass is 208 g/mol. The Morgan fingerprint density at radius 3 is 2.46 bits per heavy atom. The quantitative estimate of drug-likeness (QED) is 0.641. The van der Waals surface area contributed by atoms with Crippen LogP contribution in [0.5, 0.6) is 0 Å². The van der Waals surface area contributed by atoms with Gasteiger partial charge in [0.1, 0.15) is 0 Å². The minimum absolute atomic E-state index is 0.190. The average Bonchev–Trinajstić information content (AvgIpc) is 2.37. The molecule has 1 aliphatic heterocycles. The second-order valence-corrected chi connectivity index (χ2v) is 5.96. The summed E-state index contributed by atoms with van der Waals surface area (Å²) in [5, 5.41) is 0. The molecular weight excluding hydrogens is 195 g/mol. The SMILES string of the molecule is CC12CCC(CS(=O)(=O)F)(CO1)C2. The van der Waals surface area contributed by atoms with E-state index in [0.29, 0.717) is 13.0 Å². The lowest BCUT2D eigenvalue weighted by Gasteiger charge is -2.24. The molecule has 13 heavy (non-hydrogen) atoms. The molecule has 76 valence electrons. The predicted octanol–water partition coefficient (Wildman–Crippen LogP) is 1.24. The van der Waals surface area contributed by atoms with Gasteiger partial charge in [0.05, 0.1) is 18.0 Å². The molecule has 0 aromatic carbocycles. The number of rotatable bonds is 2. The zero-order valence-corrected chi connectivity index (χ0v) is 8.36. The Bertz CT molecular complexity index is 314. The van der Waals surface area contributed by atoms with Gasteiger partial charge in [-0.05, 0) is 26.2 Å². The smallest absolute Gasteiger partial charge is 0.303 e. The van der Waals surface area contributed by atoms with E-state index in [1.165, 1.54) is 0 Å². The molecular formula is C8H13FO3S. The van der Waals surface area contributed by atoms with Crippen molar-refractivity contribution in [1.82, 2.24) is 0 Å². The number of ether oxygens (including phenoxy) is 1. The molecule has 3 nitrogen and oxygen atoms in total. The summed E-state index contributed by atoms with van der Waals surface area (Å²) in [5.74, 6) is -0.365. The highest BCUT2D eigenvalue weighted by molar-refractivity contribution is 7.86. The van der Waals surface area contributed by atoms with Crippen molar-refractivity contribution in [2.24, 2.45) is 5.41 Å². The maximum absolute atomic E-state index is 12.5. The van der Waals surface area contributed by atoms with Crippen molar-refractivity contribution in [2.45, 2.75) is 31.8 Å². The summed E-state index contributed by atoms with van der Waals surface area (Å²) in [5.41, 5.74) is -0.618. The molecule has 0 radical (unpaired) electrons. The van der Waals surface area contributed by atoms with Crippen LogP contribution in [0.25, 0.3) is 0 Å². The van der Waals surface area contributed by atoms with E-state index in [4.69, 9.17) is 4.74 Å². The van der Waals surface area contributed by atoms with Crippen molar-refractivity contribution >= 4 is 10.2 Å². The van der Waals surface area contributed by atoms with Crippen LogP contribution in [0, 0.1) is 5.41 Å². The third-order valence-corrected chi connectivity index (χ3v) is 4.10. The molecule has 5 heteroatoms. The summed E-state index contributed by atoms with van der Waals surface area (Å²) >= 11 is 0. The highest BCUT2D eigenvalue weighted by atomic mass is 32.3. The summed E-state index contributed by atoms with van der Waals surface area (Å²) in [6.07, 6.45) is 2.30. The second-order valence-electron chi connectivity index (χ2n) is 4.60. The molecule has 2 aliphatic rings. The first-order valence-electron chi connectivity index (χ1n) is 4.39. The Hall–Kier alpha value is -0.160. The van der Waals surface area contributed by atoms with Gasteiger partial charge in [0.2, 0.25) is 0 Å². The van der Waals surface area contributed by atoms with E-state index in [2.05, 4.69) is 0 Å². The summed E-state index contributed by atoms with van der Waals surface area (Å²) in [6.45, 7) is 2.36. The maximum Gasteiger partial charge on any atom is 0.303 e. The fourth-order valence-electron chi connectivity index (χ4n) is 2.60. The van der Waals surface area contributed by atoms with Gasteiger partial charge in [0, 0.05) is 5.41 Å². The standard InChI is InChI=1S/C8H13FO3S/c1-7-2-3-8(4-7,5-12-7)6-13(9,10)11/h2-6H2,1H3. The van der Waals surface area contributed by atoms with Gasteiger partial charge in [-0.25, -0.2) is 0 Å². The normalized spacial score (nSPS) is 44.2. The Labute approximate surface area is 77.5 Å². The minimum atomic E-state index is -4.36. The van der Waals surface area contributed by atoms with E-state index in [1.807, 2.05) is 6.92 Å². The fourth-order valence-corrected chi connectivity index (χ4v) is 3.67. The van der Waals surface area contributed by atoms with Crippen LogP contribution in [0.2, 0.25) is 0 Å². The first kappa shape index (κ1) is 9.40. The summed E-state index contributed by atoms with van der Waals surface area (Å²) in [4.78, 5) is 0.